The van der Waals surface area contributed by atoms with Crippen molar-refractivity contribution in [3.05, 3.63) is 0 Å². The second kappa shape index (κ2) is 16.8. The van der Waals surface area contributed by atoms with E-state index in [1.54, 1.807) is 0 Å². The van der Waals surface area contributed by atoms with Crippen LogP contribution in [0.2, 0.25) is 0 Å². The maximum atomic E-state index is 8.52. The molecule has 0 rings (SSSR count). The summed E-state index contributed by atoms with van der Waals surface area (Å²) < 4.78 is 102. The molecule has 0 aromatic rings. The maximum Gasteiger partial charge on any atom is 4.00 e. The van der Waals surface area contributed by atoms with Crippen molar-refractivity contribution in [1.29, 1.82) is 0 Å². The molecule has 0 heterocycles. The van der Waals surface area contributed by atoms with Crippen molar-refractivity contribution >= 4 is 31.2 Å². The van der Waals surface area contributed by atoms with Crippen LogP contribution in [-0.4, -0.2) is 52.6 Å². The summed E-state index contributed by atoms with van der Waals surface area (Å²) >= 11 is 0. The molecule has 0 aliphatic rings. The molecular weight excluding hydrogens is 422 g/mol. The summed E-state index contributed by atoms with van der Waals surface area (Å²) in [5.41, 5.74) is 0. The second-order valence-corrected chi connectivity index (χ2v) is 3.67. The minimum atomic E-state index is -5.17. The SMILES string of the molecule is O=S(=O)([O-])[O-].O=S(=O)([O-])[O-].O=S(=O)([O-])[O-].[O-2].[O-2].[V+4].[V+4]. The van der Waals surface area contributed by atoms with Crippen LogP contribution in [0.15, 0.2) is 0 Å². The van der Waals surface area contributed by atoms with Gasteiger partial charge in [-0.25, -0.2) is 0 Å². The van der Waals surface area contributed by atoms with E-state index in [0.717, 1.165) is 0 Å². The Hall–Kier alpha value is 0.699. The maximum absolute atomic E-state index is 8.52. The van der Waals surface area contributed by atoms with Gasteiger partial charge in [0.25, 0.3) is 0 Å². The van der Waals surface area contributed by atoms with E-state index >= 15 is 0 Å². The molecule has 19 heavy (non-hydrogen) atoms. The predicted octanol–water partition coefficient (Wildman–Crippen LogP) is -4.26. The monoisotopic (exact) mass is 422 g/mol. The predicted molar refractivity (Wildman–Crippen MR) is 32.8 cm³/mol. The summed E-state index contributed by atoms with van der Waals surface area (Å²) in [6.45, 7) is 0. The molecular formula is O14S3V2-2. The standard InChI is InChI=1S/3H2O4S.2O.2V/c3*1-5(2,3)4;;;;/h3*(H2,1,2,3,4);;;;/q;;;2*-2;2*+4/p-6. The molecule has 2 radical (unpaired) electrons. The Morgan fingerprint density at radius 3 is 0.421 bits per heavy atom. The fraction of sp³-hybridized carbons (Fsp3) is 0. The summed E-state index contributed by atoms with van der Waals surface area (Å²) in [6, 6.07) is 0. The van der Waals surface area contributed by atoms with Crippen molar-refractivity contribution in [2.24, 2.45) is 0 Å². The first-order chi connectivity index (χ1) is 6.00. The van der Waals surface area contributed by atoms with Gasteiger partial charge in [-0.15, -0.1) is 0 Å². The molecule has 0 bridgehead atoms. The van der Waals surface area contributed by atoms with Crippen LogP contribution in [0.25, 0.3) is 0 Å². The van der Waals surface area contributed by atoms with Crippen molar-refractivity contribution in [2.45, 2.75) is 0 Å². The first-order valence-electron chi connectivity index (χ1n) is 2.00. The van der Waals surface area contributed by atoms with E-state index in [0.29, 0.717) is 0 Å². The zero-order chi connectivity index (χ0) is 13.5. The molecule has 0 aromatic carbocycles. The van der Waals surface area contributed by atoms with Gasteiger partial charge < -0.3 is 38.3 Å². The molecule has 14 nitrogen and oxygen atoms in total. The molecule has 114 valence electrons. The third kappa shape index (κ3) is 10700. The minimum Gasteiger partial charge on any atom is -2.00 e. The van der Waals surface area contributed by atoms with Crippen LogP contribution in [-0.2, 0) is 79.3 Å². The van der Waals surface area contributed by atoms with E-state index in [-0.39, 0.29) is 48.1 Å². The van der Waals surface area contributed by atoms with Gasteiger partial charge >= 0.3 is 37.1 Å². The van der Waals surface area contributed by atoms with Gasteiger partial charge in [0.15, 0.2) is 0 Å². The Labute approximate surface area is 131 Å². The third-order valence-corrected chi connectivity index (χ3v) is 0. The Bertz CT molecular complexity index is 342. The van der Waals surface area contributed by atoms with Crippen LogP contribution < -0.4 is 0 Å². The molecule has 0 N–H and O–H groups in total. The van der Waals surface area contributed by atoms with Crippen molar-refractivity contribution in [3.8, 4) is 0 Å². The second-order valence-electron chi connectivity index (χ2n) is 1.22. The van der Waals surface area contributed by atoms with Crippen molar-refractivity contribution < 1.29 is 101 Å². The van der Waals surface area contributed by atoms with Crippen molar-refractivity contribution in [2.75, 3.05) is 0 Å². The molecule has 0 amide bonds. The zero-order valence-corrected chi connectivity index (χ0v) is 13.1. The Morgan fingerprint density at radius 2 is 0.421 bits per heavy atom. The first kappa shape index (κ1) is 42.7. The van der Waals surface area contributed by atoms with Crippen LogP contribution in [0.3, 0.4) is 0 Å². The quantitative estimate of drug-likeness (QED) is 0.265. The summed E-state index contributed by atoms with van der Waals surface area (Å²) in [7, 11) is -15.5. The number of hydrogen-bond donors (Lipinski definition) is 0. The molecule has 0 saturated heterocycles. The molecule has 0 aliphatic carbocycles. The summed E-state index contributed by atoms with van der Waals surface area (Å²) in [5.74, 6) is 0. The number of hydrogen-bond acceptors (Lipinski definition) is 12. The molecule has 0 atom stereocenters. The van der Waals surface area contributed by atoms with Gasteiger partial charge in [0.1, 0.15) is 0 Å². The molecule has 0 aromatic heterocycles. The molecule has 19 heteroatoms. The molecule has 0 unspecified atom stereocenters. The summed E-state index contributed by atoms with van der Waals surface area (Å²) in [5, 5.41) is 0. The molecule has 0 aliphatic heterocycles. The van der Waals surface area contributed by atoms with Crippen LogP contribution in [0.5, 0.6) is 0 Å². The van der Waals surface area contributed by atoms with Gasteiger partial charge in [-0.2, -0.15) is 0 Å². The average Bonchev–Trinajstić information content (AvgIpc) is 1.41. The van der Waals surface area contributed by atoms with Gasteiger partial charge in [-0.1, -0.05) is 0 Å². The van der Waals surface area contributed by atoms with Crippen LogP contribution >= 0.6 is 0 Å². The van der Waals surface area contributed by atoms with E-state index in [1.165, 1.54) is 0 Å². The Morgan fingerprint density at radius 1 is 0.421 bits per heavy atom. The summed E-state index contributed by atoms with van der Waals surface area (Å²) in [6.07, 6.45) is 0. The van der Waals surface area contributed by atoms with Gasteiger partial charge in [0.05, 0.1) is 0 Å². The van der Waals surface area contributed by atoms with E-state index in [2.05, 4.69) is 0 Å². The topological polar surface area (TPSA) is 298 Å². The smallest absolute Gasteiger partial charge is 2.00 e. The molecule has 0 fully saturated rings. The van der Waals surface area contributed by atoms with Gasteiger partial charge in [0, 0.05) is 31.2 Å². The molecule has 0 saturated carbocycles. The van der Waals surface area contributed by atoms with Gasteiger partial charge in [-0.3, -0.25) is 25.3 Å². The normalized spacial score (nSPS) is 9.16. The van der Waals surface area contributed by atoms with E-state index in [9.17, 15) is 0 Å². The summed E-state index contributed by atoms with van der Waals surface area (Å²) in [4.78, 5) is 0. The van der Waals surface area contributed by atoms with Gasteiger partial charge in [-0.05, 0) is 0 Å². The van der Waals surface area contributed by atoms with Crippen LogP contribution in [0, 0.1) is 0 Å². The largest absolute Gasteiger partial charge is 4.00 e. The minimum absolute atomic E-state index is 0. The Balaban J connectivity index is -0.0000000206. The first-order valence-corrected chi connectivity index (χ1v) is 6.00. The Kier molecular flexibility index (Phi) is 37.7. The fourth-order valence-corrected chi connectivity index (χ4v) is 0. The van der Waals surface area contributed by atoms with Crippen LogP contribution in [0.4, 0.5) is 0 Å². The van der Waals surface area contributed by atoms with E-state index in [1.807, 2.05) is 0 Å². The third-order valence-electron chi connectivity index (χ3n) is 0. The van der Waals surface area contributed by atoms with Crippen LogP contribution in [0.1, 0.15) is 0 Å². The van der Waals surface area contributed by atoms with E-state index in [4.69, 9.17) is 52.6 Å². The van der Waals surface area contributed by atoms with Gasteiger partial charge in [0.2, 0.25) is 0 Å². The number of rotatable bonds is 0. The zero-order valence-electron chi connectivity index (χ0n) is 7.83. The fourth-order valence-electron chi connectivity index (χ4n) is 0. The molecule has 0 spiro atoms. The van der Waals surface area contributed by atoms with Crippen molar-refractivity contribution in [1.82, 2.24) is 0 Å². The van der Waals surface area contributed by atoms with Crippen molar-refractivity contribution in [3.63, 3.8) is 0 Å². The average molecular weight is 422 g/mol. The van der Waals surface area contributed by atoms with E-state index < -0.39 is 31.2 Å².